The van der Waals surface area contributed by atoms with Gasteiger partial charge in [-0.25, -0.2) is 19.0 Å². The van der Waals surface area contributed by atoms with Gasteiger partial charge in [0.05, 0.1) is 18.8 Å². The number of rotatable bonds is 5. The summed E-state index contributed by atoms with van der Waals surface area (Å²) in [6.45, 7) is 1.74. The predicted octanol–water partition coefficient (Wildman–Crippen LogP) is 2.30. The van der Waals surface area contributed by atoms with Gasteiger partial charge in [-0.1, -0.05) is 0 Å². The lowest BCUT2D eigenvalue weighted by atomic mass is 10.1. The average Bonchev–Trinajstić information content (AvgIpc) is 3.29. The number of aromatic nitrogens is 2. The van der Waals surface area contributed by atoms with Crippen molar-refractivity contribution >= 4 is 29.3 Å². The molecule has 2 amide bonds. The van der Waals surface area contributed by atoms with Crippen LogP contribution in [-0.2, 0) is 9.53 Å². The average molecular weight is 412 g/mol. The van der Waals surface area contributed by atoms with E-state index in [9.17, 15) is 18.8 Å². The summed E-state index contributed by atoms with van der Waals surface area (Å²) in [4.78, 5) is 39.5. The van der Waals surface area contributed by atoms with Gasteiger partial charge in [0.25, 0.3) is 0 Å². The van der Waals surface area contributed by atoms with Crippen LogP contribution in [-0.4, -0.2) is 51.7 Å². The summed E-state index contributed by atoms with van der Waals surface area (Å²) in [5, 5.41) is 11.6. The van der Waals surface area contributed by atoms with E-state index in [1.165, 1.54) is 34.6 Å². The molecule has 1 aliphatic heterocycles. The highest BCUT2D eigenvalue weighted by molar-refractivity contribution is 5.90. The normalized spacial score (nSPS) is 16.0. The highest BCUT2D eigenvalue weighted by Gasteiger charge is 2.32. The fraction of sp³-hybridized carbons (Fsp3) is 0.200. The van der Waals surface area contributed by atoms with Crippen LogP contribution in [0.3, 0.4) is 0 Å². The smallest absolute Gasteiger partial charge is 0.414 e. The molecule has 4 rings (SSSR count). The fourth-order valence-electron chi connectivity index (χ4n) is 3.26. The Bertz CT molecular complexity index is 1180. The molecule has 0 spiro atoms. The van der Waals surface area contributed by atoms with Crippen LogP contribution in [0.25, 0.3) is 16.8 Å². The topological polar surface area (TPSA) is 113 Å². The zero-order valence-electron chi connectivity index (χ0n) is 15.8. The van der Waals surface area contributed by atoms with E-state index in [1.54, 1.807) is 24.4 Å². The molecule has 2 aromatic heterocycles. The number of carboxylic acid groups (broad SMARTS) is 1. The Hall–Kier alpha value is -3.95. The monoisotopic (exact) mass is 412 g/mol. The molecule has 3 heterocycles. The second-order valence-corrected chi connectivity index (χ2v) is 6.83. The molecule has 9 nitrogen and oxygen atoms in total. The molecule has 0 aliphatic carbocycles. The molecule has 0 saturated carbocycles. The molecule has 1 atom stereocenters. The number of carbonyl (C=O) groups is 3. The quantitative estimate of drug-likeness (QED) is 0.665. The number of nitrogens with zero attached hydrogens (tertiary/aromatic N) is 3. The minimum Gasteiger partial charge on any atom is -0.476 e. The van der Waals surface area contributed by atoms with E-state index >= 15 is 0 Å². The number of fused-ring (bicyclic) bond motifs is 1. The third-order valence-electron chi connectivity index (χ3n) is 4.70. The van der Waals surface area contributed by atoms with Crippen molar-refractivity contribution in [1.29, 1.82) is 0 Å². The lowest BCUT2D eigenvalue weighted by Crippen LogP contribution is -2.33. The zero-order chi connectivity index (χ0) is 21.4. The Morgan fingerprint density at radius 2 is 2.10 bits per heavy atom. The molecule has 154 valence electrons. The number of amides is 2. The van der Waals surface area contributed by atoms with Gasteiger partial charge in [-0.2, -0.15) is 0 Å². The minimum atomic E-state index is -1.15. The third-order valence-corrected chi connectivity index (χ3v) is 4.70. The van der Waals surface area contributed by atoms with E-state index in [0.717, 1.165) is 0 Å². The largest absolute Gasteiger partial charge is 0.476 e. The molecule has 1 unspecified atom stereocenters. The van der Waals surface area contributed by atoms with Crippen molar-refractivity contribution in [1.82, 2.24) is 14.7 Å². The number of imidazole rings is 1. The molecular formula is C20H17FN4O5. The van der Waals surface area contributed by atoms with Crippen molar-refractivity contribution in [2.75, 3.05) is 18.0 Å². The first-order valence-corrected chi connectivity index (χ1v) is 9.06. The number of carbonyl (C=O) groups excluding carboxylic acids is 2. The minimum absolute atomic E-state index is 0.107. The Balaban J connectivity index is 1.57. The van der Waals surface area contributed by atoms with Crippen molar-refractivity contribution < 1.29 is 28.6 Å². The predicted molar refractivity (Wildman–Crippen MR) is 104 cm³/mol. The number of benzene rings is 1. The standard InChI is InChI=1S/C20H17FN4O5/c1-11(26)22-7-14-9-25(20(29)30-14)13-3-4-15(16(21)6-13)12-2-5-18-23-17(19(27)28)10-24(18)8-12/h2-6,8,10,14H,7,9H2,1H3,(H,22,26)(H,27,28). The maximum absolute atomic E-state index is 14.8. The number of pyridine rings is 1. The molecule has 0 radical (unpaired) electrons. The summed E-state index contributed by atoms with van der Waals surface area (Å²) in [5.41, 5.74) is 1.47. The molecule has 30 heavy (non-hydrogen) atoms. The second-order valence-electron chi connectivity index (χ2n) is 6.83. The van der Waals surface area contributed by atoms with Gasteiger partial charge >= 0.3 is 12.1 Å². The van der Waals surface area contributed by atoms with Crippen LogP contribution in [0.2, 0.25) is 0 Å². The van der Waals surface area contributed by atoms with Crippen molar-refractivity contribution in [3.8, 4) is 11.1 Å². The Morgan fingerprint density at radius 1 is 1.30 bits per heavy atom. The Labute approximate surface area is 169 Å². The summed E-state index contributed by atoms with van der Waals surface area (Å²) >= 11 is 0. The highest BCUT2D eigenvalue weighted by Crippen LogP contribution is 2.29. The van der Waals surface area contributed by atoms with Gasteiger partial charge in [-0.15, -0.1) is 0 Å². The van der Waals surface area contributed by atoms with Gasteiger partial charge in [0, 0.05) is 30.4 Å². The Kier molecular flexibility index (Phi) is 4.82. The first kappa shape index (κ1) is 19.4. The van der Waals surface area contributed by atoms with Crippen LogP contribution >= 0.6 is 0 Å². The van der Waals surface area contributed by atoms with Gasteiger partial charge in [-0.05, 0) is 30.3 Å². The molecule has 1 saturated heterocycles. The summed E-state index contributed by atoms with van der Waals surface area (Å²) in [7, 11) is 0. The molecular weight excluding hydrogens is 395 g/mol. The molecule has 1 aliphatic rings. The zero-order valence-corrected chi connectivity index (χ0v) is 15.8. The number of cyclic esters (lactones) is 1. The van der Waals surface area contributed by atoms with Crippen LogP contribution < -0.4 is 10.2 Å². The summed E-state index contributed by atoms with van der Waals surface area (Å²) < 4.78 is 21.6. The number of hydrogen-bond acceptors (Lipinski definition) is 5. The Morgan fingerprint density at radius 3 is 2.80 bits per heavy atom. The fourth-order valence-corrected chi connectivity index (χ4v) is 3.26. The molecule has 1 fully saturated rings. The van der Waals surface area contributed by atoms with Crippen molar-refractivity contribution in [2.24, 2.45) is 0 Å². The van der Waals surface area contributed by atoms with Crippen LogP contribution in [0.5, 0.6) is 0 Å². The summed E-state index contributed by atoms with van der Waals surface area (Å²) in [6.07, 6.45) is 1.80. The van der Waals surface area contributed by atoms with Crippen LogP contribution in [0.4, 0.5) is 14.9 Å². The number of anilines is 1. The molecule has 3 aromatic rings. The number of nitrogens with one attached hydrogen (secondary N) is 1. The summed E-state index contributed by atoms with van der Waals surface area (Å²) in [6, 6.07) is 7.61. The number of aromatic carboxylic acids is 1. The van der Waals surface area contributed by atoms with E-state index in [-0.39, 0.29) is 30.3 Å². The van der Waals surface area contributed by atoms with Crippen molar-refractivity contribution in [3.63, 3.8) is 0 Å². The number of halogens is 1. The van der Waals surface area contributed by atoms with Gasteiger partial charge in [0.2, 0.25) is 5.91 Å². The molecule has 10 heteroatoms. The molecule has 2 N–H and O–H groups in total. The molecule has 1 aromatic carbocycles. The maximum Gasteiger partial charge on any atom is 0.414 e. The van der Waals surface area contributed by atoms with Crippen molar-refractivity contribution in [2.45, 2.75) is 13.0 Å². The van der Waals surface area contributed by atoms with E-state index < -0.39 is 24.0 Å². The highest BCUT2D eigenvalue weighted by atomic mass is 19.1. The van der Waals surface area contributed by atoms with E-state index in [2.05, 4.69) is 10.3 Å². The first-order chi connectivity index (χ1) is 14.3. The second kappa shape index (κ2) is 7.47. The van der Waals surface area contributed by atoms with Crippen LogP contribution in [0.15, 0.2) is 42.7 Å². The first-order valence-electron chi connectivity index (χ1n) is 9.06. The van der Waals surface area contributed by atoms with Gasteiger partial charge in [0.1, 0.15) is 17.6 Å². The van der Waals surface area contributed by atoms with E-state index in [4.69, 9.17) is 9.84 Å². The lowest BCUT2D eigenvalue weighted by Gasteiger charge is -2.14. The van der Waals surface area contributed by atoms with Crippen LogP contribution in [0.1, 0.15) is 17.4 Å². The van der Waals surface area contributed by atoms with E-state index in [0.29, 0.717) is 16.9 Å². The van der Waals surface area contributed by atoms with Gasteiger partial charge < -0.3 is 19.6 Å². The van der Waals surface area contributed by atoms with Gasteiger partial charge in [-0.3, -0.25) is 9.69 Å². The maximum atomic E-state index is 14.8. The van der Waals surface area contributed by atoms with Gasteiger partial charge in [0.15, 0.2) is 5.69 Å². The van der Waals surface area contributed by atoms with Crippen LogP contribution in [0, 0.1) is 5.82 Å². The lowest BCUT2D eigenvalue weighted by molar-refractivity contribution is -0.119. The van der Waals surface area contributed by atoms with Crippen molar-refractivity contribution in [3.05, 3.63) is 54.2 Å². The number of hydrogen-bond donors (Lipinski definition) is 2. The number of ether oxygens (including phenoxy) is 1. The number of carboxylic acids is 1. The molecule has 0 bridgehead atoms. The SMILES string of the molecule is CC(=O)NCC1CN(c2ccc(-c3ccc4nc(C(=O)O)cn4c3)c(F)c2)C(=O)O1. The summed E-state index contributed by atoms with van der Waals surface area (Å²) in [5.74, 6) is -1.93. The van der Waals surface area contributed by atoms with E-state index in [1.807, 2.05) is 0 Å². The third kappa shape index (κ3) is 3.66.